The minimum Gasteiger partial charge on any atom is -0.480 e. The van der Waals surface area contributed by atoms with Crippen molar-refractivity contribution in [2.24, 2.45) is 0 Å². The molecule has 1 aromatic carbocycles. The molecule has 0 fully saturated rings. The van der Waals surface area contributed by atoms with E-state index in [4.69, 9.17) is 0 Å². The SMILES string of the molecule is CCCn1nnnc1CNC(C(=O)O)c1ccccc1. The van der Waals surface area contributed by atoms with Gasteiger partial charge in [-0.2, -0.15) is 0 Å². The van der Waals surface area contributed by atoms with Gasteiger partial charge in [0.05, 0.1) is 6.54 Å². The van der Waals surface area contributed by atoms with Gasteiger partial charge in [0.1, 0.15) is 6.04 Å². The second kappa shape index (κ2) is 6.76. The van der Waals surface area contributed by atoms with Gasteiger partial charge in [0.25, 0.3) is 0 Å². The minimum absolute atomic E-state index is 0.304. The Morgan fingerprint density at radius 3 is 2.80 bits per heavy atom. The maximum absolute atomic E-state index is 11.3. The smallest absolute Gasteiger partial charge is 0.325 e. The topological polar surface area (TPSA) is 92.9 Å². The van der Waals surface area contributed by atoms with Crippen molar-refractivity contribution >= 4 is 5.97 Å². The number of nitrogens with one attached hydrogen (secondary N) is 1. The normalized spacial score (nSPS) is 12.2. The van der Waals surface area contributed by atoms with Gasteiger partial charge in [-0.1, -0.05) is 37.3 Å². The van der Waals surface area contributed by atoms with Crippen molar-refractivity contribution in [3.63, 3.8) is 0 Å². The predicted molar refractivity (Wildman–Crippen MR) is 71.8 cm³/mol. The molecule has 0 saturated heterocycles. The zero-order valence-electron chi connectivity index (χ0n) is 11.2. The van der Waals surface area contributed by atoms with Crippen LogP contribution in [0, 0.1) is 0 Å². The number of aromatic nitrogens is 4. The molecule has 106 valence electrons. The zero-order valence-corrected chi connectivity index (χ0v) is 11.2. The minimum atomic E-state index is -0.925. The Morgan fingerprint density at radius 1 is 1.40 bits per heavy atom. The van der Waals surface area contributed by atoms with E-state index >= 15 is 0 Å². The maximum Gasteiger partial charge on any atom is 0.325 e. The summed E-state index contributed by atoms with van der Waals surface area (Å²) in [5, 5.41) is 23.7. The molecule has 20 heavy (non-hydrogen) atoms. The Labute approximate surface area is 116 Å². The molecule has 7 nitrogen and oxygen atoms in total. The van der Waals surface area contributed by atoms with E-state index in [1.54, 1.807) is 16.8 Å². The average Bonchev–Trinajstić information content (AvgIpc) is 2.88. The number of aliphatic carboxylic acids is 1. The van der Waals surface area contributed by atoms with E-state index in [0.717, 1.165) is 6.42 Å². The molecule has 1 aromatic heterocycles. The number of benzene rings is 1. The number of carboxylic acid groups (broad SMARTS) is 1. The summed E-state index contributed by atoms with van der Waals surface area (Å²) in [6.45, 7) is 3.05. The highest BCUT2D eigenvalue weighted by atomic mass is 16.4. The Balaban J connectivity index is 2.06. The van der Waals surface area contributed by atoms with Crippen LogP contribution in [0.15, 0.2) is 30.3 Å². The summed E-state index contributed by atoms with van der Waals surface area (Å²) < 4.78 is 1.68. The fourth-order valence-corrected chi connectivity index (χ4v) is 1.92. The molecule has 2 aromatic rings. The van der Waals surface area contributed by atoms with Crippen molar-refractivity contribution in [3.8, 4) is 0 Å². The van der Waals surface area contributed by atoms with Crippen LogP contribution in [0.1, 0.15) is 30.8 Å². The number of rotatable bonds is 7. The molecule has 0 bridgehead atoms. The fourth-order valence-electron chi connectivity index (χ4n) is 1.92. The van der Waals surface area contributed by atoms with Crippen molar-refractivity contribution in [2.45, 2.75) is 32.5 Å². The van der Waals surface area contributed by atoms with Gasteiger partial charge in [0.2, 0.25) is 0 Å². The lowest BCUT2D eigenvalue weighted by atomic mass is 10.1. The summed E-state index contributed by atoms with van der Waals surface area (Å²) in [4.78, 5) is 11.3. The lowest BCUT2D eigenvalue weighted by molar-refractivity contribution is -0.139. The second-order valence-corrected chi connectivity index (χ2v) is 4.38. The van der Waals surface area contributed by atoms with Crippen molar-refractivity contribution in [2.75, 3.05) is 0 Å². The third kappa shape index (κ3) is 3.39. The first-order valence-electron chi connectivity index (χ1n) is 6.48. The Kier molecular flexibility index (Phi) is 4.78. The lowest BCUT2D eigenvalue weighted by Gasteiger charge is -2.14. The molecular weight excluding hydrogens is 258 g/mol. The summed E-state index contributed by atoms with van der Waals surface area (Å²) in [6, 6.07) is 8.26. The van der Waals surface area contributed by atoms with Gasteiger partial charge in [-0.25, -0.2) is 4.68 Å². The van der Waals surface area contributed by atoms with Crippen LogP contribution in [0.4, 0.5) is 0 Å². The standard InChI is InChI=1S/C13H17N5O2/c1-2-8-18-11(15-16-17-18)9-14-12(13(19)20)10-6-4-3-5-7-10/h3-7,12,14H,2,8-9H2,1H3,(H,19,20). The molecule has 0 spiro atoms. The summed E-state index contributed by atoms with van der Waals surface area (Å²) in [5.41, 5.74) is 0.703. The van der Waals surface area contributed by atoms with Crippen LogP contribution in [-0.4, -0.2) is 31.3 Å². The van der Waals surface area contributed by atoms with Crippen LogP contribution in [0.25, 0.3) is 0 Å². The predicted octanol–water partition coefficient (Wildman–Crippen LogP) is 0.999. The number of aryl methyl sites for hydroxylation is 1. The van der Waals surface area contributed by atoms with Crippen LogP contribution < -0.4 is 5.32 Å². The quantitative estimate of drug-likeness (QED) is 0.783. The highest BCUT2D eigenvalue weighted by Gasteiger charge is 2.19. The van der Waals surface area contributed by atoms with Crippen LogP contribution in [0.5, 0.6) is 0 Å². The first kappa shape index (κ1) is 14.1. The molecule has 7 heteroatoms. The van der Waals surface area contributed by atoms with E-state index < -0.39 is 12.0 Å². The summed E-state index contributed by atoms with van der Waals surface area (Å²) in [6.07, 6.45) is 0.916. The Hall–Kier alpha value is -2.28. The van der Waals surface area contributed by atoms with Gasteiger partial charge in [0.15, 0.2) is 5.82 Å². The monoisotopic (exact) mass is 275 g/mol. The van der Waals surface area contributed by atoms with E-state index in [-0.39, 0.29) is 0 Å². The van der Waals surface area contributed by atoms with E-state index in [0.29, 0.717) is 24.5 Å². The Morgan fingerprint density at radius 2 is 2.15 bits per heavy atom. The summed E-state index contributed by atoms with van der Waals surface area (Å²) in [7, 11) is 0. The third-order valence-corrected chi connectivity index (χ3v) is 2.89. The highest BCUT2D eigenvalue weighted by Crippen LogP contribution is 2.13. The van der Waals surface area contributed by atoms with E-state index in [1.807, 2.05) is 25.1 Å². The first-order valence-corrected chi connectivity index (χ1v) is 6.48. The molecule has 0 aliphatic heterocycles. The molecule has 0 saturated carbocycles. The van der Waals surface area contributed by atoms with E-state index in [2.05, 4.69) is 20.8 Å². The number of hydrogen-bond donors (Lipinski definition) is 2. The molecule has 1 heterocycles. The molecular formula is C13H17N5O2. The molecule has 0 radical (unpaired) electrons. The van der Waals surface area contributed by atoms with Crippen LogP contribution in [0.2, 0.25) is 0 Å². The van der Waals surface area contributed by atoms with Gasteiger partial charge in [0, 0.05) is 6.54 Å². The molecule has 0 aliphatic rings. The number of tetrazole rings is 1. The van der Waals surface area contributed by atoms with Crippen LogP contribution in [0.3, 0.4) is 0 Å². The number of nitrogens with zero attached hydrogens (tertiary/aromatic N) is 4. The first-order chi connectivity index (χ1) is 9.72. The van der Waals surface area contributed by atoms with Crippen molar-refractivity contribution < 1.29 is 9.90 Å². The third-order valence-electron chi connectivity index (χ3n) is 2.89. The molecule has 1 unspecified atom stereocenters. The summed E-state index contributed by atoms with van der Waals surface area (Å²) >= 11 is 0. The summed E-state index contributed by atoms with van der Waals surface area (Å²) in [5.74, 6) is -0.292. The molecule has 2 N–H and O–H groups in total. The van der Waals surface area contributed by atoms with Crippen molar-refractivity contribution in [3.05, 3.63) is 41.7 Å². The van der Waals surface area contributed by atoms with Gasteiger partial charge < -0.3 is 5.11 Å². The van der Waals surface area contributed by atoms with Gasteiger partial charge in [-0.05, 0) is 22.4 Å². The van der Waals surface area contributed by atoms with E-state index in [1.165, 1.54) is 0 Å². The van der Waals surface area contributed by atoms with Crippen molar-refractivity contribution in [1.82, 2.24) is 25.5 Å². The Bertz CT molecular complexity index is 555. The number of hydrogen-bond acceptors (Lipinski definition) is 5. The fraction of sp³-hybridized carbons (Fsp3) is 0.385. The number of carboxylic acids is 1. The van der Waals surface area contributed by atoms with Crippen molar-refractivity contribution in [1.29, 1.82) is 0 Å². The largest absolute Gasteiger partial charge is 0.480 e. The molecule has 2 rings (SSSR count). The highest BCUT2D eigenvalue weighted by molar-refractivity contribution is 5.75. The van der Waals surface area contributed by atoms with Gasteiger partial charge in [-0.3, -0.25) is 10.1 Å². The molecule has 0 aliphatic carbocycles. The van der Waals surface area contributed by atoms with Gasteiger partial charge in [-0.15, -0.1) is 5.10 Å². The van der Waals surface area contributed by atoms with Gasteiger partial charge >= 0.3 is 5.97 Å². The maximum atomic E-state index is 11.3. The molecule has 0 amide bonds. The zero-order chi connectivity index (χ0) is 14.4. The molecule has 1 atom stereocenters. The average molecular weight is 275 g/mol. The number of carbonyl (C=O) groups is 1. The second-order valence-electron chi connectivity index (χ2n) is 4.38. The van der Waals surface area contributed by atoms with Crippen LogP contribution in [-0.2, 0) is 17.9 Å². The van der Waals surface area contributed by atoms with Crippen LogP contribution >= 0.6 is 0 Å². The lowest BCUT2D eigenvalue weighted by Crippen LogP contribution is -2.29. The van der Waals surface area contributed by atoms with E-state index in [9.17, 15) is 9.90 Å².